The zero-order valence-electron chi connectivity index (χ0n) is 15.6. The van der Waals surface area contributed by atoms with Crippen molar-refractivity contribution < 1.29 is 37.9 Å². The smallest absolute Gasteiger partial charge is 0.322 e. The Balaban J connectivity index is 1.86. The highest BCUT2D eigenvalue weighted by atomic mass is 31.2. The van der Waals surface area contributed by atoms with Crippen LogP contribution in [0.25, 0.3) is 11.1 Å². The van der Waals surface area contributed by atoms with Crippen LogP contribution in [0.5, 0.6) is 0 Å². The van der Waals surface area contributed by atoms with Crippen LogP contribution in [0.3, 0.4) is 0 Å². The van der Waals surface area contributed by atoms with Gasteiger partial charge in [0.05, 0.1) is 0 Å². The van der Waals surface area contributed by atoms with E-state index < -0.39 is 49.9 Å². The zero-order valence-corrected chi connectivity index (χ0v) is 17.4. The summed E-state index contributed by atoms with van der Waals surface area (Å²) in [5, 5.41) is 0.502. The maximum absolute atomic E-state index is 14.6. The first-order valence-corrected chi connectivity index (χ1v) is 11.9. The van der Waals surface area contributed by atoms with Gasteiger partial charge in [-0.15, -0.1) is 0 Å². The first-order valence-electron chi connectivity index (χ1n) is 8.71. The van der Waals surface area contributed by atoms with Crippen molar-refractivity contribution in [1.82, 2.24) is 5.43 Å². The number of nitrogens with one attached hydrogen (secondary N) is 1. The fraction of sp³-hybridized carbons (Fsp3) is 0.222. The molecule has 5 N–H and O–H groups in total. The number of hydrogen-bond acceptors (Lipinski definition) is 5. The summed E-state index contributed by atoms with van der Waals surface area (Å²) in [5.41, 5.74) is 2.62. The van der Waals surface area contributed by atoms with Crippen LogP contribution in [-0.4, -0.2) is 36.1 Å². The molecule has 12 heteroatoms. The van der Waals surface area contributed by atoms with Crippen LogP contribution in [0.2, 0.25) is 0 Å². The molecule has 3 rings (SSSR count). The number of benzene rings is 2. The van der Waals surface area contributed by atoms with Crippen molar-refractivity contribution in [2.24, 2.45) is 5.10 Å². The summed E-state index contributed by atoms with van der Waals surface area (Å²) in [4.78, 5) is 50.6. The van der Waals surface area contributed by atoms with Crippen molar-refractivity contribution in [3.8, 4) is 11.1 Å². The van der Waals surface area contributed by atoms with Gasteiger partial charge < -0.3 is 19.6 Å². The molecule has 0 saturated heterocycles. The third-order valence-corrected chi connectivity index (χ3v) is 9.01. The van der Waals surface area contributed by atoms with E-state index in [2.05, 4.69) is 5.10 Å². The molecule has 1 unspecified atom stereocenters. The van der Waals surface area contributed by atoms with Gasteiger partial charge in [0, 0.05) is 17.9 Å². The Morgan fingerprint density at radius 1 is 1.10 bits per heavy atom. The van der Waals surface area contributed by atoms with E-state index in [1.54, 1.807) is 35.8 Å². The summed E-state index contributed by atoms with van der Waals surface area (Å²) in [6.45, 7) is 1.44. The Morgan fingerprint density at radius 3 is 2.20 bits per heavy atom. The van der Waals surface area contributed by atoms with Gasteiger partial charge in [0.2, 0.25) is 0 Å². The van der Waals surface area contributed by atoms with Gasteiger partial charge >= 0.3 is 15.2 Å². The predicted octanol–water partition coefficient (Wildman–Crippen LogP) is 2.52. The Kier molecular flexibility index (Phi) is 5.86. The molecule has 2 aromatic rings. The van der Waals surface area contributed by atoms with E-state index in [9.17, 15) is 37.9 Å². The minimum absolute atomic E-state index is 0.282. The van der Waals surface area contributed by atoms with E-state index in [1.165, 1.54) is 25.1 Å². The molecule has 0 aromatic heterocycles. The van der Waals surface area contributed by atoms with Crippen LogP contribution < -0.4 is 5.43 Å². The Labute approximate surface area is 171 Å². The van der Waals surface area contributed by atoms with E-state index in [0.29, 0.717) is 11.1 Å². The van der Waals surface area contributed by atoms with Gasteiger partial charge in [-0.25, -0.2) is 4.39 Å². The van der Waals surface area contributed by atoms with Crippen molar-refractivity contribution in [1.29, 1.82) is 0 Å². The second-order valence-corrected chi connectivity index (χ2v) is 11.0. The third-order valence-electron chi connectivity index (χ3n) is 5.00. The fourth-order valence-electron chi connectivity index (χ4n) is 3.17. The maximum Gasteiger partial charge on any atom is 0.365 e. The van der Waals surface area contributed by atoms with Gasteiger partial charge in [-0.3, -0.25) is 19.4 Å². The summed E-state index contributed by atoms with van der Waals surface area (Å²) in [7, 11) is -10.8. The molecule has 0 bridgehead atoms. The van der Waals surface area contributed by atoms with Crippen LogP contribution in [0.1, 0.15) is 24.8 Å². The predicted molar refractivity (Wildman–Crippen MR) is 107 cm³/mol. The molecule has 9 nitrogen and oxygen atoms in total. The zero-order chi connectivity index (χ0) is 22.3. The highest BCUT2D eigenvalue weighted by molar-refractivity contribution is 7.72. The second kappa shape index (κ2) is 7.81. The van der Waals surface area contributed by atoms with Crippen LogP contribution in [0.4, 0.5) is 4.39 Å². The van der Waals surface area contributed by atoms with E-state index in [1.807, 2.05) is 0 Å². The van der Waals surface area contributed by atoms with Crippen molar-refractivity contribution >= 4 is 26.7 Å². The van der Waals surface area contributed by atoms with E-state index in [4.69, 9.17) is 0 Å². The highest BCUT2D eigenvalue weighted by Gasteiger charge is 2.64. The number of halogens is 1. The second-order valence-electron chi connectivity index (χ2n) is 6.94. The van der Waals surface area contributed by atoms with Crippen LogP contribution in [0, 0.1) is 5.82 Å². The monoisotopic (exact) mass is 456 g/mol. The molecule has 0 fully saturated rings. The molecule has 30 heavy (non-hydrogen) atoms. The average Bonchev–Trinajstić information content (AvgIpc) is 3.14. The molecular formula is C18H19FN2O7P2. The molecule has 2 aromatic carbocycles. The maximum atomic E-state index is 14.6. The number of carbonyl (C=O) groups excluding carboxylic acids is 1. The number of ketones is 1. The van der Waals surface area contributed by atoms with Crippen LogP contribution >= 0.6 is 15.2 Å². The lowest BCUT2D eigenvalue weighted by molar-refractivity contribution is -0.114. The molecule has 0 aliphatic carbocycles. The number of hydrazone groups is 1. The first-order chi connectivity index (χ1) is 13.9. The van der Waals surface area contributed by atoms with Crippen molar-refractivity contribution in [3.63, 3.8) is 0 Å². The van der Waals surface area contributed by atoms with Gasteiger partial charge in [-0.05, 0) is 17.2 Å². The number of nitrogens with zero attached hydrogens (tertiary/aromatic N) is 1. The lowest BCUT2D eigenvalue weighted by atomic mass is 9.91. The summed E-state index contributed by atoms with van der Waals surface area (Å²) in [6, 6.07) is 13.0. The highest BCUT2D eigenvalue weighted by Crippen LogP contribution is 2.70. The van der Waals surface area contributed by atoms with Crippen LogP contribution in [-0.2, 0) is 13.9 Å². The average molecular weight is 456 g/mol. The number of Topliss-reactive ketones (excluding diaryl/α,β-unsaturated/α-hetero) is 1. The summed E-state index contributed by atoms with van der Waals surface area (Å²) in [6.07, 6.45) is -0.963. The Morgan fingerprint density at radius 2 is 1.70 bits per heavy atom. The Bertz CT molecular complexity index is 1090. The molecule has 1 heterocycles. The summed E-state index contributed by atoms with van der Waals surface area (Å²) in [5.74, 6) is -2.27. The number of hydrogen-bond donors (Lipinski definition) is 5. The van der Waals surface area contributed by atoms with Crippen molar-refractivity contribution in [3.05, 3.63) is 59.9 Å². The van der Waals surface area contributed by atoms with Gasteiger partial charge in [-0.1, -0.05) is 49.4 Å². The molecule has 160 valence electrons. The molecule has 1 aliphatic heterocycles. The Hall–Kier alpha value is -2.19. The quantitative estimate of drug-likeness (QED) is 0.415. The lowest BCUT2D eigenvalue weighted by Gasteiger charge is -2.29. The third kappa shape index (κ3) is 3.90. The normalized spacial score (nSPS) is 17.2. The number of rotatable bonds is 6. The molecule has 1 aliphatic rings. The van der Waals surface area contributed by atoms with Crippen molar-refractivity contribution in [2.75, 3.05) is 0 Å². The van der Waals surface area contributed by atoms with Gasteiger partial charge in [0.15, 0.2) is 5.78 Å². The molecule has 0 saturated carbocycles. The van der Waals surface area contributed by atoms with E-state index in [-0.39, 0.29) is 5.56 Å². The summed E-state index contributed by atoms with van der Waals surface area (Å²) >= 11 is 0. The van der Waals surface area contributed by atoms with E-state index in [0.717, 1.165) is 0 Å². The van der Waals surface area contributed by atoms with Crippen LogP contribution in [0.15, 0.2) is 53.6 Å². The van der Waals surface area contributed by atoms with Gasteiger partial charge in [0.25, 0.3) is 5.02 Å². The number of carbonyl (C=O) groups is 1. The standard InChI is InChI=1S/C18H19FN2O7P2/c1-11(13-7-8-14(15(19)9-13)12-5-3-2-4-6-12)17(22)16-10-18(21-20-16,29(23,24)25)30(26,27)28/h2-9,11,21H,10H2,1H3,(H2,23,24,25)(H2,26,27,28). The van der Waals surface area contributed by atoms with Gasteiger partial charge in [0.1, 0.15) is 11.5 Å². The lowest BCUT2D eigenvalue weighted by Crippen LogP contribution is -2.39. The molecule has 0 spiro atoms. The largest absolute Gasteiger partial charge is 0.365 e. The fourth-order valence-corrected chi connectivity index (χ4v) is 5.60. The minimum Gasteiger partial charge on any atom is -0.322 e. The first kappa shape index (κ1) is 22.5. The molecule has 1 atom stereocenters. The van der Waals surface area contributed by atoms with E-state index >= 15 is 0 Å². The SMILES string of the molecule is CC(C(=O)C1=NNC(P(=O)(O)O)(P(=O)(O)O)C1)c1ccc(-c2ccccc2)c(F)c1. The molecule has 0 amide bonds. The topological polar surface area (TPSA) is 157 Å². The minimum atomic E-state index is -5.39. The molecular weight excluding hydrogens is 437 g/mol. The summed E-state index contributed by atoms with van der Waals surface area (Å²) < 4.78 is 38.1. The van der Waals surface area contributed by atoms with Gasteiger partial charge in [-0.2, -0.15) is 5.10 Å². The van der Waals surface area contributed by atoms with Crippen molar-refractivity contribution in [2.45, 2.75) is 24.3 Å². The molecule has 0 radical (unpaired) electrons.